The summed E-state index contributed by atoms with van der Waals surface area (Å²) in [4.78, 5) is 11.9. The minimum atomic E-state index is -0.128. The summed E-state index contributed by atoms with van der Waals surface area (Å²) >= 11 is 0. The molecule has 0 saturated heterocycles. The molecule has 0 N–H and O–H groups in total. The molecular weight excluding hydrogens is 644 g/mol. The third-order valence-electron chi connectivity index (χ3n) is 8.05. The summed E-state index contributed by atoms with van der Waals surface area (Å²) in [5.41, 5.74) is 0. The Labute approximate surface area is 306 Å². The molecule has 50 heavy (non-hydrogen) atoms. The second-order valence-corrected chi connectivity index (χ2v) is 12.7. The molecule has 0 fully saturated rings. The van der Waals surface area contributed by atoms with Crippen molar-refractivity contribution in [2.24, 2.45) is 5.92 Å². The second kappa shape index (κ2) is 44.3. The minimum absolute atomic E-state index is 0.128. The van der Waals surface area contributed by atoms with Crippen molar-refractivity contribution in [1.29, 1.82) is 0 Å². The highest BCUT2D eigenvalue weighted by Gasteiger charge is 2.03. The van der Waals surface area contributed by atoms with Crippen molar-refractivity contribution in [1.82, 2.24) is 0 Å². The Balaban J connectivity index is 3.13. The van der Waals surface area contributed by atoms with E-state index in [1.54, 1.807) is 0 Å². The summed E-state index contributed by atoms with van der Waals surface area (Å²) < 4.78 is 54.7. The number of rotatable bonds is 44. The summed E-state index contributed by atoms with van der Waals surface area (Å²) in [5.74, 6) is 0.468. The van der Waals surface area contributed by atoms with Crippen LogP contribution in [0.2, 0.25) is 0 Å². The number of hydrogen-bond acceptors (Lipinski definition) is 11. The van der Waals surface area contributed by atoms with Crippen LogP contribution in [0.4, 0.5) is 0 Å². The molecule has 0 aromatic rings. The Morgan fingerprint density at radius 3 is 0.980 bits per heavy atom. The third-order valence-corrected chi connectivity index (χ3v) is 8.05. The van der Waals surface area contributed by atoms with Gasteiger partial charge in [-0.05, 0) is 12.3 Å². The standard InChI is InChI=1S/C39H78O11/c1-4-6-7-8-9-10-11-12-13-14-15-16-17-18-39(40)50-36-35-48-32-31-46-28-27-44-24-23-42-20-19-41-21-22-43-25-26-45-29-30-47-33-34-49-37-38(3)5-2/h38H,4-37H2,1-3H3. The second-order valence-electron chi connectivity index (χ2n) is 12.7. The third kappa shape index (κ3) is 43.3. The number of unbranched alkanes of at least 4 members (excludes halogenated alkanes) is 12. The topological polar surface area (TPSA) is 109 Å². The highest BCUT2D eigenvalue weighted by molar-refractivity contribution is 5.69. The van der Waals surface area contributed by atoms with Crippen LogP contribution >= 0.6 is 0 Å². The Bertz CT molecular complexity index is 641. The quantitative estimate of drug-likeness (QED) is 0.0470. The van der Waals surface area contributed by atoms with Gasteiger partial charge in [0.1, 0.15) is 6.61 Å². The molecular formula is C39H78O11. The van der Waals surface area contributed by atoms with Gasteiger partial charge in [-0.3, -0.25) is 4.79 Å². The molecule has 0 rings (SSSR count). The molecule has 0 saturated carbocycles. The zero-order valence-electron chi connectivity index (χ0n) is 32.6. The van der Waals surface area contributed by atoms with E-state index in [-0.39, 0.29) is 5.97 Å². The molecule has 1 unspecified atom stereocenters. The van der Waals surface area contributed by atoms with Gasteiger partial charge in [0.15, 0.2) is 0 Å². The van der Waals surface area contributed by atoms with Gasteiger partial charge in [-0.25, -0.2) is 0 Å². The average molecular weight is 723 g/mol. The van der Waals surface area contributed by atoms with Gasteiger partial charge in [0.05, 0.1) is 112 Å². The maximum atomic E-state index is 11.9. The molecule has 0 aliphatic rings. The summed E-state index contributed by atoms with van der Waals surface area (Å²) in [6.07, 6.45) is 18.5. The maximum absolute atomic E-state index is 11.9. The highest BCUT2D eigenvalue weighted by Crippen LogP contribution is 2.13. The van der Waals surface area contributed by atoms with E-state index in [0.717, 1.165) is 25.9 Å². The fourth-order valence-corrected chi connectivity index (χ4v) is 4.74. The first-order valence-corrected chi connectivity index (χ1v) is 20.1. The smallest absolute Gasteiger partial charge is 0.305 e. The Kier molecular flexibility index (Phi) is 43.5. The fraction of sp³-hybridized carbons (Fsp3) is 0.974. The number of hydrogen-bond donors (Lipinski definition) is 0. The molecule has 0 radical (unpaired) electrons. The lowest BCUT2D eigenvalue weighted by Gasteiger charge is -2.10. The van der Waals surface area contributed by atoms with Gasteiger partial charge in [-0.1, -0.05) is 104 Å². The van der Waals surface area contributed by atoms with Crippen LogP contribution in [0, 0.1) is 5.92 Å². The molecule has 1 atom stereocenters. The van der Waals surface area contributed by atoms with Crippen molar-refractivity contribution in [2.75, 3.05) is 126 Å². The number of esters is 1. The normalized spacial score (nSPS) is 12.1. The van der Waals surface area contributed by atoms with E-state index in [9.17, 15) is 4.79 Å². The number of ether oxygens (including phenoxy) is 10. The summed E-state index contributed by atoms with van der Waals surface area (Å²) in [6, 6.07) is 0. The van der Waals surface area contributed by atoms with Crippen molar-refractivity contribution < 1.29 is 52.2 Å². The highest BCUT2D eigenvalue weighted by atomic mass is 16.6. The fourth-order valence-electron chi connectivity index (χ4n) is 4.74. The van der Waals surface area contributed by atoms with E-state index in [1.165, 1.54) is 70.6 Å². The summed E-state index contributed by atoms with van der Waals surface area (Å²) in [5, 5.41) is 0. The predicted octanol–water partition coefficient (Wildman–Crippen LogP) is 7.21. The van der Waals surface area contributed by atoms with Crippen LogP contribution in [0.1, 0.15) is 117 Å². The van der Waals surface area contributed by atoms with Gasteiger partial charge in [0.2, 0.25) is 0 Å². The predicted molar refractivity (Wildman–Crippen MR) is 198 cm³/mol. The molecule has 0 aliphatic carbocycles. The maximum Gasteiger partial charge on any atom is 0.305 e. The Hall–Kier alpha value is -0.890. The average Bonchev–Trinajstić information content (AvgIpc) is 3.12. The molecule has 0 bridgehead atoms. The van der Waals surface area contributed by atoms with Gasteiger partial charge < -0.3 is 47.4 Å². The molecule has 0 amide bonds. The van der Waals surface area contributed by atoms with Gasteiger partial charge in [-0.15, -0.1) is 0 Å². The largest absolute Gasteiger partial charge is 0.463 e. The zero-order valence-corrected chi connectivity index (χ0v) is 32.6. The first-order valence-electron chi connectivity index (χ1n) is 20.1. The van der Waals surface area contributed by atoms with E-state index < -0.39 is 0 Å². The molecule has 0 aromatic carbocycles. The van der Waals surface area contributed by atoms with E-state index in [4.69, 9.17) is 47.4 Å². The SMILES string of the molecule is CCCCCCCCCCCCCCCC(=O)OCCOCCOCCOCCOCCOCCOCCOCCOCCOCC(C)CC. The van der Waals surface area contributed by atoms with E-state index in [0.29, 0.717) is 131 Å². The van der Waals surface area contributed by atoms with Crippen molar-refractivity contribution in [3.8, 4) is 0 Å². The van der Waals surface area contributed by atoms with Crippen molar-refractivity contribution in [2.45, 2.75) is 117 Å². The molecule has 11 heteroatoms. The number of carbonyl (C=O) groups is 1. The molecule has 11 nitrogen and oxygen atoms in total. The zero-order chi connectivity index (χ0) is 36.3. The molecule has 0 spiro atoms. The Morgan fingerprint density at radius 2 is 0.660 bits per heavy atom. The minimum Gasteiger partial charge on any atom is -0.463 e. The molecule has 0 heterocycles. The van der Waals surface area contributed by atoms with Gasteiger partial charge in [0, 0.05) is 13.0 Å². The van der Waals surface area contributed by atoms with Gasteiger partial charge in [0.25, 0.3) is 0 Å². The Morgan fingerprint density at radius 1 is 0.380 bits per heavy atom. The lowest BCUT2D eigenvalue weighted by molar-refractivity contribution is -0.145. The van der Waals surface area contributed by atoms with E-state index in [1.807, 2.05) is 0 Å². The van der Waals surface area contributed by atoms with Crippen LogP contribution in [-0.4, -0.2) is 132 Å². The molecule has 300 valence electrons. The lowest BCUT2D eigenvalue weighted by atomic mass is 10.0. The van der Waals surface area contributed by atoms with Crippen LogP contribution in [0.15, 0.2) is 0 Å². The van der Waals surface area contributed by atoms with Crippen LogP contribution in [0.25, 0.3) is 0 Å². The summed E-state index contributed by atoms with van der Waals surface area (Å²) in [6.45, 7) is 16.5. The van der Waals surface area contributed by atoms with E-state index >= 15 is 0 Å². The van der Waals surface area contributed by atoms with Gasteiger partial charge in [-0.2, -0.15) is 0 Å². The van der Waals surface area contributed by atoms with Crippen LogP contribution in [-0.2, 0) is 52.2 Å². The van der Waals surface area contributed by atoms with Crippen molar-refractivity contribution >= 4 is 5.97 Å². The molecule has 0 aromatic heterocycles. The van der Waals surface area contributed by atoms with E-state index in [2.05, 4.69) is 20.8 Å². The molecule has 0 aliphatic heterocycles. The first-order chi connectivity index (χ1) is 24.7. The number of carbonyl (C=O) groups excluding carboxylic acids is 1. The van der Waals surface area contributed by atoms with Crippen LogP contribution < -0.4 is 0 Å². The first kappa shape index (κ1) is 49.1. The van der Waals surface area contributed by atoms with Gasteiger partial charge >= 0.3 is 5.97 Å². The van der Waals surface area contributed by atoms with Crippen molar-refractivity contribution in [3.63, 3.8) is 0 Å². The van der Waals surface area contributed by atoms with Crippen LogP contribution in [0.3, 0.4) is 0 Å². The van der Waals surface area contributed by atoms with Crippen LogP contribution in [0.5, 0.6) is 0 Å². The monoisotopic (exact) mass is 723 g/mol. The van der Waals surface area contributed by atoms with Crippen molar-refractivity contribution in [3.05, 3.63) is 0 Å². The summed E-state index contributed by atoms with van der Waals surface area (Å²) in [7, 11) is 0. The lowest BCUT2D eigenvalue weighted by Crippen LogP contribution is -2.15.